The molecule has 1 N–H and O–H groups in total. The molecule has 3 heteroatoms. The van der Waals surface area contributed by atoms with Crippen molar-refractivity contribution in [2.45, 2.75) is 39.4 Å². The highest BCUT2D eigenvalue weighted by Crippen LogP contribution is 2.18. The zero-order valence-electron chi connectivity index (χ0n) is 13.2. The molecule has 1 heterocycles. The van der Waals surface area contributed by atoms with Crippen LogP contribution < -0.4 is 10.2 Å². The van der Waals surface area contributed by atoms with Crippen LogP contribution in [0.25, 0.3) is 0 Å². The number of benzene rings is 1. The summed E-state index contributed by atoms with van der Waals surface area (Å²) in [6.45, 7) is 6.14. The molecule has 2 rings (SSSR count). The molecule has 21 heavy (non-hydrogen) atoms. The molecule has 0 aliphatic heterocycles. The Morgan fingerprint density at radius 3 is 2.62 bits per heavy atom. The van der Waals surface area contributed by atoms with Gasteiger partial charge in [0.25, 0.3) is 0 Å². The predicted octanol–water partition coefficient (Wildman–Crippen LogP) is 3.61. The molecule has 3 nitrogen and oxygen atoms in total. The molecular formula is C18H25N3. The van der Waals surface area contributed by atoms with Crippen LogP contribution in [0, 0.1) is 0 Å². The maximum absolute atomic E-state index is 4.56. The summed E-state index contributed by atoms with van der Waals surface area (Å²) in [5.74, 6) is 1.05. The van der Waals surface area contributed by atoms with E-state index in [9.17, 15) is 0 Å². The molecule has 0 bridgehead atoms. The van der Waals surface area contributed by atoms with Crippen molar-refractivity contribution in [2.24, 2.45) is 0 Å². The second-order valence-corrected chi connectivity index (χ2v) is 5.52. The summed E-state index contributed by atoms with van der Waals surface area (Å²) in [6, 6.07) is 15.2. The zero-order valence-corrected chi connectivity index (χ0v) is 13.2. The minimum Gasteiger partial charge on any atom is -0.355 e. The van der Waals surface area contributed by atoms with Crippen molar-refractivity contribution in [1.29, 1.82) is 0 Å². The number of nitrogens with one attached hydrogen (secondary N) is 1. The van der Waals surface area contributed by atoms with Crippen LogP contribution in [0.1, 0.15) is 31.4 Å². The van der Waals surface area contributed by atoms with E-state index in [-0.39, 0.29) is 0 Å². The van der Waals surface area contributed by atoms with Crippen molar-refractivity contribution in [3.05, 3.63) is 59.8 Å². The molecule has 1 atom stereocenters. The number of nitrogens with zero attached hydrogens (tertiary/aromatic N) is 2. The van der Waals surface area contributed by atoms with Crippen LogP contribution in [-0.4, -0.2) is 18.1 Å². The summed E-state index contributed by atoms with van der Waals surface area (Å²) in [4.78, 5) is 6.78. The van der Waals surface area contributed by atoms with Crippen molar-refractivity contribution in [3.63, 3.8) is 0 Å². The van der Waals surface area contributed by atoms with Gasteiger partial charge >= 0.3 is 0 Å². The van der Waals surface area contributed by atoms with Crippen LogP contribution in [-0.2, 0) is 13.1 Å². The number of hydrogen-bond acceptors (Lipinski definition) is 3. The van der Waals surface area contributed by atoms with Gasteiger partial charge in [0.15, 0.2) is 0 Å². The van der Waals surface area contributed by atoms with E-state index in [1.165, 1.54) is 11.1 Å². The monoisotopic (exact) mass is 283 g/mol. The van der Waals surface area contributed by atoms with Gasteiger partial charge in [-0.2, -0.15) is 0 Å². The second kappa shape index (κ2) is 7.79. The molecule has 0 amide bonds. The lowest BCUT2D eigenvalue weighted by Gasteiger charge is -2.22. The number of aromatic nitrogens is 1. The van der Waals surface area contributed by atoms with E-state index in [0.717, 1.165) is 25.3 Å². The number of pyridine rings is 1. The molecule has 0 aliphatic rings. The second-order valence-electron chi connectivity index (χ2n) is 5.52. The summed E-state index contributed by atoms with van der Waals surface area (Å²) in [7, 11) is 2.10. The Labute approximate surface area is 128 Å². The summed E-state index contributed by atoms with van der Waals surface area (Å²) in [5, 5.41) is 3.54. The maximum atomic E-state index is 4.56. The summed E-state index contributed by atoms with van der Waals surface area (Å²) < 4.78 is 0. The van der Waals surface area contributed by atoms with Crippen LogP contribution in [0.15, 0.2) is 48.7 Å². The SMILES string of the molecule is CC[C@H](C)NCc1cccnc1N(C)Cc1ccccc1. The minimum atomic E-state index is 0.525. The number of anilines is 1. The van der Waals surface area contributed by atoms with Crippen molar-refractivity contribution in [1.82, 2.24) is 10.3 Å². The Balaban J connectivity index is 2.08. The molecule has 0 unspecified atom stereocenters. The molecule has 0 saturated heterocycles. The van der Waals surface area contributed by atoms with Crippen LogP contribution in [0.4, 0.5) is 5.82 Å². The molecule has 2 aromatic rings. The van der Waals surface area contributed by atoms with Gasteiger partial charge in [-0.1, -0.05) is 43.3 Å². The molecule has 0 aliphatic carbocycles. The lowest BCUT2D eigenvalue weighted by Crippen LogP contribution is -2.26. The lowest BCUT2D eigenvalue weighted by molar-refractivity contribution is 0.533. The molecule has 0 fully saturated rings. The molecule has 0 radical (unpaired) electrons. The van der Waals surface area contributed by atoms with Crippen molar-refractivity contribution in [2.75, 3.05) is 11.9 Å². The van der Waals surface area contributed by atoms with E-state index in [1.54, 1.807) is 0 Å². The Morgan fingerprint density at radius 1 is 1.14 bits per heavy atom. The number of rotatable bonds is 7. The van der Waals surface area contributed by atoms with Gasteiger partial charge in [-0.15, -0.1) is 0 Å². The van der Waals surface area contributed by atoms with E-state index in [2.05, 4.69) is 66.4 Å². The molecule has 1 aromatic carbocycles. The Bertz CT molecular complexity index is 539. The van der Waals surface area contributed by atoms with Crippen molar-refractivity contribution in [3.8, 4) is 0 Å². The van der Waals surface area contributed by atoms with E-state index in [0.29, 0.717) is 6.04 Å². The fraction of sp³-hybridized carbons (Fsp3) is 0.389. The zero-order chi connectivity index (χ0) is 15.1. The largest absolute Gasteiger partial charge is 0.355 e. The molecule has 1 aromatic heterocycles. The number of hydrogen-bond donors (Lipinski definition) is 1. The van der Waals surface area contributed by atoms with Gasteiger partial charge in [0.1, 0.15) is 5.82 Å². The average Bonchev–Trinajstić information content (AvgIpc) is 2.53. The minimum absolute atomic E-state index is 0.525. The highest BCUT2D eigenvalue weighted by molar-refractivity contribution is 5.46. The third-order valence-corrected chi connectivity index (χ3v) is 3.74. The van der Waals surface area contributed by atoms with Gasteiger partial charge < -0.3 is 10.2 Å². The van der Waals surface area contributed by atoms with Crippen LogP contribution in [0.3, 0.4) is 0 Å². The molecule has 112 valence electrons. The third-order valence-electron chi connectivity index (χ3n) is 3.74. The first kappa shape index (κ1) is 15.5. The highest BCUT2D eigenvalue weighted by atomic mass is 15.2. The normalized spacial score (nSPS) is 12.1. The van der Waals surface area contributed by atoms with Crippen LogP contribution >= 0.6 is 0 Å². The van der Waals surface area contributed by atoms with E-state index < -0.39 is 0 Å². The van der Waals surface area contributed by atoms with Crippen molar-refractivity contribution < 1.29 is 0 Å². The van der Waals surface area contributed by atoms with E-state index in [4.69, 9.17) is 0 Å². The standard InChI is InChI=1S/C18H25N3/c1-4-15(2)20-13-17-11-8-12-19-18(17)21(3)14-16-9-6-5-7-10-16/h5-12,15,20H,4,13-14H2,1-3H3/t15-/m0/s1. The first-order valence-electron chi connectivity index (χ1n) is 7.63. The predicted molar refractivity (Wildman–Crippen MR) is 89.4 cm³/mol. The maximum Gasteiger partial charge on any atom is 0.133 e. The van der Waals surface area contributed by atoms with Gasteiger partial charge in [0, 0.05) is 37.9 Å². The Hall–Kier alpha value is -1.87. The highest BCUT2D eigenvalue weighted by Gasteiger charge is 2.09. The van der Waals surface area contributed by atoms with Crippen LogP contribution in [0.2, 0.25) is 0 Å². The lowest BCUT2D eigenvalue weighted by atomic mass is 10.2. The van der Waals surface area contributed by atoms with E-state index in [1.807, 2.05) is 18.3 Å². The molecular weight excluding hydrogens is 258 g/mol. The van der Waals surface area contributed by atoms with Gasteiger partial charge in [0.2, 0.25) is 0 Å². The summed E-state index contributed by atoms with van der Waals surface area (Å²) >= 11 is 0. The van der Waals surface area contributed by atoms with Crippen molar-refractivity contribution >= 4 is 5.82 Å². The van der Waals surface area contributed by atoms with E-state index >= 15 is 0 Å². The Morgan fingerprint density at radius 2 is 1.90 bits per heavy atom. The van der Waals surface area contributed by atoms with Gasteiger partial charge in [0.05, 0.1) is 0 Å². The smallest absolute Gasteiger partial charge is 0.133 e. The van der Waals surface area contributed by atoms with Gasteiger partial charge in [-0.25, -0.2) is 4.98 Å². The fourth-order valence-corrected chi connectivity index (χ4v) is 2.27. The molecule has 0 saturated carbocycles. The van der Waals surface area contributed by atoms with Gasteiger partial charge in [-0.05, 0) is 25.0 Å². The van der Waals surface area contributed by atoms with Crippen LogP contribution in [0.5, 0.6) is 0 Å². The fourth-order valence-electron chi connectivity index (χ4n) is 2.27. The topological polar surface area (TPSA) is 28.2 Å². The first-order valence-corrected chi connectivity index (χ1v) is 7.63. The van der Waals surface area contributed by atoms with Gasteiger partial charge in [-0.3, -0.25) is 0 Å². The quantitative estimate of drug-likeness (QED) is 0.841. The first-order chi connectivity index (χ1) is 10.2. The third kappa shape index (κ3) is 4.57. The summed E-state index contributed by atoms with van der Waals surface area (Å²) in [6.07, 6.45) is 3.00. The molecule has 0 spiro atoms. The average molecular weight is 283 g/mol. The Kier molecular flexibility index (Phi) is 5.76. The summed E-state index contributed by atoms with van der Waals surface area (Å²) in [5.41, 5.74) is 2.54.